The van der Waals surface area contributed by atoms with Crippen LogP contribution in [0, 0.1) is 19.8 Å². The minimum atomic E-state index is -1.13. The van der Waals surface area contributed by atoms with Gasteiger partial charge in [-0.2, -0.15) is 0 Å². The van der Waals surface area contributed by atoms with Crippen LogP contribution in [0.3, 0.4) is 0 Å². The van der Waals surface area contributed by atoms with Crippen LogP contribution in [0.2, 0.25) is 0 Å². The van der Waals surface area contributed by atoms with Crippen LogP contribution in [0.5, 0.6) is 0 Å². The van der Waals surface area contributed by atoms with E-state index in [9.17, 15) is 9.90 Å². The molecular weight excluding hydrogens is 278 g/mol. The molecule has 1 aromatic carbocycles. The number of benzene rings is 1. The third kappa shape index (κ3) is 2.28. The lowest BCUT2D eigenvalue weighted by Gasteiger charge is -2.40. The molecule has 4 heteroatoms. The van der Waals surface area contributed by atoms with Gasteiger partial charge in [0.1, 0.15) is 11.5 Å². The molecule has 0 saturated carbocycles. The first-order chi connectivity index (χ1) is 10.3. The normalized spacial score (nSPS) is 27.5. The molecule has 1 aromatic heterocycles. The number of nitrogens with zero attached hydrogens (tertiary/aromatic N) is 1. The van der Waals surface area contributed by atoms with Crippen molar-refractivity contribution >= 4 is 5.78 Å². The van der Waals surface area contributed by atoms with Crippen LogP contribution in [0.1, 0.15) is 47.9 Å². The van der Waals surface area contributed by atoms with E-state index in [1.54, 1.807) is 13.8 Å². The summed E-state index contributed by atoms with van der Waals surface area (Å²) in [5, 5.41) is 14.9. The number of fused-ring (bicyclic) bond motifs is 1. The highest BCUT2D eigenvalue weighted by Crippen LogP contribution is 2.47. The first-order valence-electron chi connectivity index (χ1n) is 7.55. The summed E-state index contributed by atoms with van der Waals surface area (Å²) in [4.78, 5) is 12.3. The van der Waals surface area contributed by atoms with E-state index in [1.165, 1.54) is 0 Å². The second-order valence-corrected chi connectivity index (χ2v) is 6.61. The van der Waals surface area contributed by atoms with Crippen molar-refractivity contribution < 1.29 is 14.4 Å². The van der Waals surface area contributed by atoms with Gasteiger partial charge in [-0.05, 0) is 33.3 Å². The molecule has 1 aliphatic carbocycles. The van der Waals surface area contributed by atoms with Crippen molar-refractivity contribution in [3.8, 4) is 0 Å². The Balaban J connectivity index is 2.23. The monoisotopic (exact) mass is 299 g/mol. The van der Waals surface area contributed by atoms with Gasteiger partial charge in [-0.3, -0.25) is 4.79 Å². The van der Waals surface area contributed by atoms with Crippen molar-refractivity contribution in [2.75, 3.05) is 0 Å². The van der Waals surface area contributed by atoms with Gasteiger partial charge in [-0.25, -0.2) is 0 Å². The first-order valence-corrected chi connectivity index (χ1v) is 7.55. The fourth-order valence-corrected chi connectivity index (χ4v) is 3.73. The largest absolute Gasteiger partial charge is 0.389 e. The van der Waals surface area contributed by atoms with Crippen molar-refractivity contribution in [2.24, 2.45) is 5.92 Å². The maximum atomic E-state index is 12.3. The van der Waals surface area contributed by atoms with Gasteiger partial charge in [0.05, 0.1) is 17.2 Å². The average molecular weight is 299 g/mol. The summed E-state index contributed by atoms with van der Waals surface area (Å²) < 4.78 is 5.34. The minimum absolute atomic E-state index is 0.0122. The van der Waals surface area contributed by atoms with Crippen LogP contribution in [0.15, 0.2) is 28.8 Å². The van der Waals surface area contributed by atoms with Crippen molar-refractivity contribution in [1.29, 1.82) is 0 Å². The summed E-state index contributed by atoms with van der Waals surface area (Å²) in [6.07, 6.45) is 0.340. The lowest BCUT2D eigenvalue weighted by atomic mass is 9.64. The molecule has 1 aliphatic rings. The number of carbonyl (C=O) groups is 1. The molecule has 0 bridgehead atoms. The number of carbonyl (C=O) groups excluding carboxylic acids is 1. The predicted octanol–water partition coefficient (Wildman–Crippen LogP) is 2.94. The van der Waals surface area contributed by atoms with Gasteiger partial charge in [0.25, 0.3) is 0 Å². The van der Waals surface area contributed by atoms with Crippen molar-refractivity contribution in [3.63, 3.8) is 0 Å². The Hall–Kier alpha value is -1.94. The fourth-order valence-electron chi connectivity index (χ4n) is 3.73. The summed E-state index contributed by atoms with van der Waals surface area (Å²) in [5.74, 6) is -0.00643. The summed E-state index contributed by atoms with van der Waals surface area (Å²) in [7, 11) is 0. The van der Waals surface area contributed by atoms with E-state index in [0.29, 0.717) is 6.42 Å². The molecule has 0 saturated heterocycles. The number of hydrogen-bond donors (Lipinski definition) is 1. The fraction of sp³-hybridized carbons (Fsp3) is 0.444. The van der Waals surface area contributed by atoms with E-state index in [4.69, 9.17) is 4.52 Å². The molecule has 1 N–H and O–H groups in total. The van der Waals surface area contributed by atoms with E-state index >= 15 is 0 Å². The Labute approximate surface area is 130 Å². The Morgan fingerprint density at radius 3 is 2.55 bits per heavy atom. The number of Topliss-reactive ketones (excluding diaryl/α,β-unsaturated/α-hetero) is 1. The van der Waals surface area contributed by atoms with Crippen LogP contribution in [-0.2, 0) is 11.2 Å². The Bertz CT molecular complexity index is 712. The lowest BCUT2D eigenvalue weighted by molar-refractivity contribution is -0.130. The molecular formula is C18H21NO3. The Morgan fingerprint density at radius 2 is 1.95 bits per heavy atom. The molecule has 0 spiro atoms. The molecule has 0 amide bonds. The van der Waals surface area contributed by atoms with E-state index in [2.05, 4.69) is 5.16 Å². The van der Waals surface area contributed by atoms with E-state index < -0.39 is 11.5 Å². The Kier molecular flexibility index (Phi) is 3.44. The number of rotatable bonds is 2. The lowest BCUT2D eigenvalue weighted by Crippen LogP contribution is -2.48. The molecule has 0 fully saturated rings. The van der Waals surface area contributed by atoms with Gasteiger partial charge in [0, 0.05) is 17.9 Å². The zero-order chi connectivity index (χ0) is 16.1. The molecule has 0 aliphatic heterocycles. The number of ketones is 1. The molecule has 2 aromatic rings. The van der Waals surface area contributed by atoms with Crippen LogP contribution in [0.25, 0.3) is 0 Å². The molecule has 0 unspecified atom stereocenters. The molecule has 3 rings (SSSR count). The number of aromatic nitrogens is 1. The van der Waals surface area contributed by atoms with Crippen molar-refractivity contribution in [2.45, 2.75) is 45.6 Å². The Morgan fingerprint density at radius 1 is 1.32 bits per heavy atom. The average Bonchev–Trinajstić information content (AvgIpc) is 2.77. The quantitative estimate of drug-likeness (QED) is 0.926. The van der Waals surface area contributed by atoms with Crippen molar-refractivity contribution in [3.05, 3.63) is 52.4 Å². The third-order valence-corrected chi connectivity index (χ3v) is 4.70. The molecule has 0 radical (unpaired) electrons. The highest BCUT2D eigenvalue weighted by atomic mass is 16.5. The maximum absolute atomic E-state index is 12.3. The zero-order valence-electron chi connectivity index (χ0n) is 13.4. The molecule has 1 heterocycles. The van der Waals surface area contributed by atoms with Crippen LogP contribution < -0.4 is 0 Å². The summed E-state index contributed by atoms with van der Waals surface area (Å²) >= 11 is 0. The highest BCUT2D eigenvalue weighted by molar-refractivity contribution is 5.82. The smallest absolute Gasteiger partial charge is 0.137 e. The van der Waals surface area contributed by atoms with Gasteiger partial charge < -0.3 is 9.63 Å². The summed E-state index contributed by atoms with van der Waals surface area (Å²) in [5.41, 5.74) is 2.75. The van der Waals surface area contributed by atoms with E-state index in [0.717, 1.165) is 28.1 Å². The van der Waals surface area contributed by atoms with Crippen LogP contribution in [-0.4, -0.2) is 21.6 Å². The second kappa shape index (κ2) is 5.06. The van der Waals surface area contributed by atoms with E-state index in [-0.39, 0.29) is 11.7 Å². The molecule has 116 valence electrons. The van der Waals surface area contributed by atoms with Crippen LogP contribution >= 0.6 is 0 Å². The molecule has 3 atom stereocenters. The SMILES string of the molecule is CC(=O)[C@H]1[C@@H](c2ccc(C)cc2)c2c(noc2C)C[C@@]1(C)O. The minimum Gasteiger partial charge on any atom is -0.389 e. The van der Waals surface area contributed by atoms with Gasteiger partial charge in [0.2, 0.25) is 0 Å². The number of aliphatic hydroxyl groups is 1. The zero-order valence-corrected chi connectivity index (χ0v) is 13.4. The standard InChI is InChI=1S/C18H21NO3/c1-10-5-7-13(8-6-10)16-15-12(3)22-19-14(15)9-18(4,21)17(16)11(2)20/h5-8,16-17,21H,9H2,1-4H3/t16-,17-,18+/m0/s1. The predicted molar refractivity (Wildman–Crippen MR) is 82.8 cm³/mol. The number of hydrogen-bond acceptors (Lipinski definition) is 4. The van der Waals surface area contributed by atoms with Crippen LogP contribution in [0.4, 0.5) is 0 Å². The maximum Gasteiger partial charge on any atom is 0.137 e. The van der Waals surface area contributed by atoms with Gasteiger partial charge >= 0.3 is 0 Å². The number of aryl methyl sites for hydroxylation is 2. The van der Waals surface area contributed by atoms with Gasteiger partial charge in [-0.1, -0.05) is 35.0 Å². The third-order valence-electron chi connectivity index (χ3n) is 4.70. The topological polar surface area (TPSA) is 63.3 Å². The summed E-state index contributed by atoms with van der Waals surface area (Å²) in [6.45, 7) is 7.16. The van der Waals surface area contributed by atoms with Crippen molar-refractivity contribution in [1.82, 2.24) is 5.16 Å². The summed E-state index contributed by atoms with van der Waals surface area (Å²) in [6, 6.07) is 8.10. The highest BCUT2D eigenvalue weighted by Gasteiger charge is 2.49. The molecule has 4 nitrogen and oxygen atoms in total. The second-order valence-electron chi connectivity index (χ2n) is 6.61. The van der Waals surface area contributed by atoms with Gasteiger partial charge in [-0.15, -0.1) is 0 Å². The first kappa shape index (κ1) is 15.0. The van der Waals surface area contributed by atoms with E-state index in [1.807, 2.05) is 38.1 Å². The molecule has 22 heavy (non-hydrogen) atoms. The van der Waals surface area contributed by atoms with Gasteiger partial charge in [0.15, 0.2) is 0 Å².